The molecule has 1 heterocycles. The van der Waals surface area contributed by atoms with Crippen molar-refractivity contribution in [1.29, 1.82) is 0 Å². The third-order valence-corrected chi connectivity index (χ3v) is 4.66. The Bertz CT molecular complexity index is 981. The van der Waals surface area contributed by atoms with Crippen LogP contribution in [-0.4, -0.2) is 52.0 Å². The van der Waals surface area contributed by atoms with E-state index < -0.39 is 22.7 Å². The number of nitrogens with zero attached hydrogens (tertiary/aromatic N) is 2. The first-order valence-corrected chi connectivity index (χ1v) is 8.67. The second kappa shape index (κ2) is 8.11. The quantitative estimate of drug-likeness (QED) is 0.250. The Morgan fingerprint density at radius 1 is 1.14 bits per heavy atom. The lowest BCUT2D eigenvalue weighted by atomic mass is 9.95. The minimum Gasteiger partial charge on any atom is -0.507 e. The average molecular weight is 398 g/mol. The Kier molecular flexibility index (Phi) is 5.60. The highest BCUT2D eigenvalue weighted by Crippen LogP contribution is 2.39. The fourth-order valence-electron chi connectivity index (χ4n) is 3.25. The predicted octanol–water partition coefficient (Wildman–Crippen LogP) is 2.02. The number of Topliss-reactive ketones (excluding diaryl/α,β-unsaturated/α-hetero) is 1. The van der Waals surface area contributed by atoms with Crippen LogP contribution in [0, 0.1) is 10.1 Å². The van der Waals surface area contributed by atoms with Crippen molar-refractivity contribution in [3.05, 3.63) is 75.3 Å². The number of ketones is 1. The topological polar surface area (TPSA) is 130 Å². The molecule has 9 heteroatoms. The molecule has 29 heavy (non-hydrogen) atoms. The van der Waals surface area contributed by atoms with Crippen LogP contribution in [0.1, 0.15) is 17.2 Å². The molecule has 1 atom stereocenters. The summed E-state index contributed by atoms with van der Waals surface area (Å²) in [6.45, 7) is -0.523. The molecule has 150 valence electrons. The van der Waals surface area contributed by atoms with Crippen molar-refractivity contribution in [3.63, 3.8) is 0 Å². The molecule has 2 aromatic rings. The van der Waals surface area contributed by atoms with Gasteiger partial charge in [-0.2, -0.15) is 0 Å². The Balaban J connectivity index is 2.14. The zero-order chi connectivity index (χ0) is 21.1. The number of amides is 1. The summed E-state index contributed by atoms with van der Waals surface area (Å²) in [6.07, 6.45) is 0. The summed E-state index contributed by atoms with van der Waals surface area (Å²) in [4.78, 5) is 36.6. The van der Waals surface area contributed by atoms with Gasteiger partial charge in [-0.15, -0.1) is 0 Å². The number of ether oxygens (including phenoxy) is 1. The summed E-state index contributed by atoms with van der Waals surface area (Å²) in [5, 5.41) is 31.0. The fraction of sp³-hybridized carbons (Fsp3) is 0.200. The smallest absolute Gasteiger partial charge is 0.295 e. The molecule has 9 nitrogen and oxygen atoms in total. The largest absolute Gasteiger partial charge is 0.507 e. The van der Waals surface area contributed by atoms with Gasteiger partial charge in [0.2, 0.25) is 0 Å². The molecule has 1 aliphatic rings. The van der Waals surface area contributed by atoms with Crippen LogP contribution in [-0.2, 0) is 9.59 Å². The van der Waals surface area contributed by atoms with Gasteiger partial charge in [0.25, 0.3) is 17.4 Å². The van der Waals surface area contributed by atoms with Crippen LogP contribution >= 0.6 is 0 Å². The predicted molar refractivity (Wildman–Crippen MR) is 102 cm³/mol. The van der Waals surface area contributed by atoms with Crippen LogP contribution in [0.4, 0.5) is 5.69 Å². The van der Waals surface area contributed by atoms with Crippen molar-refractivity contribution >= 4 is 23.1 Å². The number of aliphatic hydroxyl groups is 2. The molecule has 1 amide bonds. The van der Waals surface area contributed by atoms with Crippen molar-refractivity contribution in [1.82, 2.24) is 4.90 Å². The maximum Gasteiger partial charge on any atom is 0.295 e. The Hall–Kier alpha value is -3.72. The van der Waals surface area contributed by atoms with Gasteiger partial charge in [0, 0.05) is 24.2 Å². The van der Waals surface area contributed by atoms with E-state index in [1.807, 2.05) is 0 Å². The van der Waals surface area contributed by atoms with Crippen molar-refractivity contribution in [2.24, 2.45) is 0 Å². The number of benzene rings is 2. The van der Waals surface area contributed by atoms with Crippen LogP contribution in [0.2, 0.25) is 0 Å². The maximum atomic E-state index is 12.7. The number of hydrogen-bond acceptors (Lipinski definition) is 7. The van der Waals surface area contributed by atoms with E-state index in [0.29, 0.717) is 16.9 Å². The molecule has 1 saturated heterocycles. The average Bonchev–Trinajstić information content (AvgIpc) is 2.98. The van der Waals surface area contributed by atoms with Crippen LogP contribution in [0.25, 0.3) is 5.76 Å². The van der Waals surface area contributed by atoms with E-state index in [2.05, 4.69) is 0 Å². The number of nitro benzene ring substituents is 1. The van der Waals surface area contributed by atoms with Gasteiger partial charge >= 0.3 is 0 Å². The monoisotopic (exact) mass is 398 g/mol. The van der Waals surface area contributed by atoms with Gasteiger partial charge in [-0.05, 0) is 42.0 Å². The molecule has 2 N–H and O–H groups in total. The van der Waals surface area contributed by atoms with E-state index in [1.165, 1.54) is 31.4 Å². The summed E-state index contributed by atoms with van der Waals surface area (Å²) in [6, 6.07) is 10.6. The Labute approximate surface area is 165 Å². The summed E-state index contributed by atoms with van der Waals surface area (Å²) < 4.78 is 5.07. The molecular weight excluding hydrogens is 380 g/mol. The van der Waals surface area contributed by atoms with Gasteiger partial charge in [0.15, 0.2) is 0 Å². The van der Waals surface area contributed by atoms with E-state index in [0.717, 1.165) is 4.90 Å². The minimum absolute atomic E-state index is 0.133. The van der Waals surface area contributed by atoms with Crippen LogP contribution < -0.4 is 4.74 Å². The number of rotatable bonds is 6. The third-order valence-electron chi connectivity index (χ3n) is 4.66. The van der Waals surface area contributed by atoms with E-state index in [1.54, 1.807) is 24.3 Å². The highest BCUT2D eigenvalue weighted by molar-refractivity contribution is 6.46. The molecule has 0 saturated carbocycles. The molecule has 0 bridgehead atoms. The summed E-state index contributed by atoms with van der Waals surface area (Å²) in [7, 11) is 1.49. The standard InChI is InChI=1S/C20H18N2O7/c1-29-15-8-4-13(5-9-15)18(24)16-17(21(10-11-23)20(26)19(16)25)12-2-6-14(7-3-12)22(27)28/h2-9,17,23-24H,10-11H2,1H3/t17-/m1/s1. The first kappa shape index (κ1) is 20.0. The number of methoxy groups -OCH3 is 1. The van der Waals surface area contributed by atoms with Crippen LogP contribution in [0.3, 0.4) is 0 Å². The second-order valence-electron chi connectivity index (χ2n) is 6.29. The number of carbonyl (C=O) groups is 2. The molecule has 0 aromatic heterocycles. The van der Waals surface area contributed by atoms with E-state index >= 15 is 0 Å². The van der Waals surface area contributed by atoms with Gasteiger partial charge in [-0.25, -0.2) is 0 Å². The molecule has 2 aromatic carbocycles. The first-order chi connectivity index (χ1) is 13.9. The van der Waals surface area contributed by atoms with Gasteiger partial charge in [0.1, 0.15) is 11.5 Å². The molecule has 0 radical (unpaired) electrons. The van der Waals surface area contributed by atoms with Gasteiger partial charge in [-0.3, -0.25) is 19.7 Å². The molecule has 1 aliphatic heterocycles. The summed E-state index contributed by atoms with van der Waals surface area (Å²) in [5.74, 6) is -1.59. The molecule has 0 unspecified atom stereocenters. The van der Waals surface area contributed by atoms with Gasteiger partial charge < -0.3 is 19.8 Å². The normalized spacial score (nSPS) is 18.1. The Morgan fingerprint density at radius 3 is 2.28 bits per heavy atom. The molecule has 3 rings (SSSR count). The van der Waals surface area contributed by atoms with E-state index in [9.17, 15) is 29.9 Å². The number of hydrogen-bond donors (Lipinski definition) is 2. The molecule has 0 aliphatic carbocycles. The molecule has 1 fully saturated rings. The fourth-order valence-corrected chi connectivity index (χ4v) is 3.25. The van der Waals surface area contributed by atoms with Gasteiger partial charge in [0.05, 0.1) is 30.3 Å². The number of non-ortho nitro benzene ring substituents is 1. The highest BCUT2D eigenvalue weighted by Gasteiger charge is 2.45. The molecule has 0 spiro atoms. The number of carbonyl (C=O) groups excluding carboxylic acids is 2. The van der Waals surface area contributed by atoms with E-state index in [4.69, 9.17) is 4.74 Å². The number of β-amino-alcohol motifs (C(OH)–C–C–N with tert-alkyl or cyclic N) is 1. The van der Waals surface area contributed by atoms with Crippen molar-refractivity contribution in [2.45, 2.75) is 6.04 Å². The summed E-state index contributed by atoms with van der Waals surface area (Å²) >= 11 is 0. The lowest BCUT2D eigenvalue weighted by molar-refractivity contribution is -0.384. The number of aliphatic hydroxyl groups excluding tert-OH is 2. The van der Waals surface area contributed by atoms with Crippen molar-refractivity contribution in [3.8, 4) is 5.75 Å². The lowest BCUT2D eigenvalue weighted by Gasteiger charge is -2.24. The second-order valence-corrected chi connectivity index (χ2v) is 6.29. The van der Waals surface area contributed by atoms with Crippen molar-refractivity contribution in [2.75, 3.05) is 20.3 Å². The van der Waals surface area contributed by atoms with Crippen molar-refractivity contribution < 1.29 is 29.5 Å². The van der Waals surface area contributed by atoms with Crippen LogP contribution in [0.5, 0.6) is 5.75 Å². The Morgan fingerprint density at radius 2 is 1.76 bits per heavy atom. The first-order valence-electron chi connectivity index (χ1n) is 8.67. The van der Waals surface area contributed by atoms with Gasteiger partial charge in [-0.1, -0.05) is 0 Å². The maximum absolute atomic E-state index is 12.7. The van der Waals surface area contributed by atoms with E-state index in [-0.39, 0.29) is 30.2 Å². The number of nitro groups is 1. The summed E-state index contributed by atoms with van der Waals surface area (Å²) in [5.41, 5.74) is 0.406. The minimum atomic E-state index is -0.981. The third kappa shape index (κ3) is 3.67. The van der Waals surface area contributed by atoms with Crippen LogP contribution in [0.15, 0.2) is 54.1 Å². The lowest BCUT2D eigenvalue weighted by Crippen LogP contribution is -2.32. The highest BCUT2D eigenvalue weighted by atomic mass is 16.6. The molecular formula is C20H18N2O7. The number of likely N-dealkylation sites (tertiary alicyclic amines) is 1. The zero-order valence-electron chi connectivity index (χ0n) is 15.4. The SMILES string of the molecule is COc1ccc(C(O)=C2C(=O)C(=O)N(CCO)[C@@H]2c2ccc([N+](=O)[O-])cc2)cc1. The zero-order valence-corrected chi connectivity index (χ0v) is 15.4.